The number of nitrogens with zero attached hydrogens (tertiary/aromatic N) is 2. The summed E-state index contributed by atoms with van der Waals surface area (Å²) >= 11 is 0. The average Bonchev–Trinajstić information content (AvgIpc) is 4.10. The Bertz CT molecular complexity index is 2140. The second kappa shape index (κ2) is 35.3. The molecule has 0 radical (unpaired) electrons. The summed E-state index contributed by atoms with van der Waals surface area (Å²) < 4.78 is 67.1. The molecule has 0 fully saturated rings. The van der Waals surface area contributed by atoms with Crippen LogP contribution in [0, 0.1) is 0 Å². The first-order valence-electron chi connectivity index (χ1n) is 25.7. The van der Waals surface area contributed by atoms with E-state index in [0.717, 1.165) is 65.7 Å². The zero-order valence-electron chi connectivity index (χ0n) is 43.1. The molecule has 4 aromatic carbocycles. The number of aliphatic imine (C=N–C) groups is 2. The van der Waals surface area contributed by atoms with Crippen molar-refractivity contribution < 1.29 is 50.9 Å². The normalized spacial score (nSPS) is 16.0. The monoisotopic (exact) mass is 1000 g/mol. The summed E-state index contributed by atoms with van der Waals surface area (Å²) in [6.07, 6.45) is 17.5. The molecule has 0 spiro atoms. The van der Waals surface area contributed by atoms with Crippen LogP contribution in [-0.2, 0) is 51.2 Å². The van der Waals surface area contributed by atoms with Gasteiger partial charge in [-0.3, -0.25) is 4.18 Å². The predicted molar refractivity (Wildman–Crippen MR) is 283 cm³/mol. The van der Waals surface area contributed by atoms with Crippen molar-refractivity contribution in [2.24, 2.45) is 9.98 Å². The molecule has 2 unspecified atom stereocenters. The number of unbranched alkanes of at least 4 members (excludes halogenated alkanes) is 10. The van der Waals surface area contributed by atoms with Crippen molar-refractivity contribution >= 4 is 21.9 Å². The number of hydrogen-bond donors (Lipinski definition) is 1. The zero-order chi connectivity index (χ0) is 50.8. The molecule has 0 saturated heterocycles. The SMILES string of the molecule is CCCCCCCCC(COC[C@@H]1COC(c2ccccc2)=N1)OCc1ccc(OC)cc1.CCCCCCCCC(COS(C)(=O)=O)OCc1ccc(OC)cc1.OC[C@@H]1COC(c2ccccc2)=N1. The molecule has 2 aliphatic rings. The van der Waals surface area contributed by atoms with Crippen LogP contribution >= 0.6 is 0 Å². The largest absolute Gasteiger partial charge is 0.497 e. The third kappa shape index (κ3) is 25.4. The Labute approximate surface area is 425 Å². The highest BCUT2D eigenvalue weighted by atomic mass is 32.2. The minimum Gasteiger partial charge on any atom is -0.497 e. The van der Waals surface area contributed by atoms with Crippen LogP contribution in [0.15, 0.2) is 119 Å². The molecule has 4 aromatic rings. The van der Waals surface area contributed by atoms with Gasteiger partial charge in [-0.15, -0.1) is 0 Å². The minimum atomic E-state index is -3.45. The van der Waals surface area contributed by atoms with Crippen molar-refractivity contribution in [3.05, 3.63) is 131 Å². The second-order valence-electron chi connectivity index (χ2n) is 17.9. The van der Waals surface area contributed by atoms with Gasteiger partial charge in [0, 0.05) is 11.1 Å². The summed E-state index contributed by atoms with van der Waals surface area (Å²) in [6, 6.07) is 35.4. The van der Waals surface area contributed by atoms with Crippen LogP contribution in [0.5, 0.6) is 11.5 Å². The number of benzene rings is 4. The van der Waals surface area contributed by atoms with Gasteiger partial charge in [-0.05, 0) is 72.5 Å². The maximum Gasteiger partial charge on any atom is 0.264 e. The van der Waals surface area contributed by atoms with Crippen molar-refractivity contribution in [1.82, 2.24) is 0 Å². The fourth-order valence-corrected chi connectivity index (χ4v) is 8.03. The summed E-state index contributed by atoms with van der Waals surface area (Å²) in [5.74, 6) is 3.01. The highest BCUT2D eigenvalue weighted by molar-refractivity contribution is 7.85. The molecule has 6 rings (SSSR count). The van der Waals surface area contributed by atoms with Gasteiger partial charge in [-0.25, -0.2) is 9.98 Å². The predicted octanol–water partition coefficient (Wildman–Crippen LogP) is 11.3. The fourth-order valence-electron chi connectivity index (χ4n) is 7.63. The van der Waals surface area contributed by atoms with E-state index in [1.165, 1.54) is 64.2 Å². The lowest BCUT2D eigenvalue weighted by Gasteiger charge is -2.19. The topological polar surface area (TPSA) is 153 Å². The summed E-state index contributed by atoms with van der Waals surface area (Å²) in [7, 11) is -0.139. The lowest BCUT2D eigenvalue weighted by molar-refractivity contribution is -0.0327. The van der Waals surface area contributed by atoms with Crippen LogP contribution in [0.4, 0.5) is 0 Å². The number of ether oxygens (including phenoxy) is 7. The summed E-state index contributed by atoms with van der Waals surface area (Å²) in [4.78, 5) is 8.91. The highest BCUT2D eigenvalue weighted by Crippen LogP contribution is 2.19. The van der Waals surface area contributed by atoms with Gasteiger partial charge in [0.1, 0.15) is 36.8 Å². The van der Waals surface area contributed by atoms with Crippen LogP contribution in [0.2, 0.25) is 0 Å². The van der Waals surface area contributed by atoms with Crippen molar-refractivity contribution in [3.63, 3.8) is 0 Å². The number of hydrogen-bond acceptors (Lipinski definition) is 13. The second-order valence-corrected chi connectivity index (χ2v) is 19.6. The van der Waals surface area contributed by atoms with Crippen molar-refractivity contribution in [2.45, 2.75) is 141 Å². The van der Waals surface area contributed by atoms with Crippen LogP contribution < -0.4 is 9.47 Å². The Morgan fingerprint density at radius 1 is 0.577 bits per heavy atom. The Morgan fingerprint density at radius 2 is 1.00 bits per heavy atom. The molecule has 71 heavy (non-hydrogen) atoms. The van der Waals surface area contributed by atoms with E-state index in [0.29, 0.717) is 51.4 Å². The van der Waals surface area contributed by atoms with Gasteiger partial charge < -0.3 is 38.3 Å². The number of aliphatic hydroxyl groups is 1. The number of methoxy groups -OCH3 is 2. The van der Waals surface area contributed by atoms with E-state index in [9.17, 15) is 8.42 Å². The number of rotatable bonds is 32. The number of aliphatic hydroxyl groups excluding tert-OH is 1. The minimum absolute atomic E-state index is 0.0384. The van der Waals surface area contributed by atoms with E-state index < -0.39 is 10.1 Å². The van der Waals surface area contributed by atoms with Gasteiger partial charge in [0.15, 0.2) is 0 Å². The van der Waals surface area contributed by atoms with Gasteiger partial charge >= 0.3 is 0 Å². The Hall–Kier alpha value is -4.83. The molecular weight excluding hydrogens is 921 g/mol. The van der Waals surface area contributed by atoms with E-state index >= 15 is 0 Å². The molecule has 13 nitrogen and oxygen atoms in total. The Balaban J connectivity index is 0.000000252. The van der Waals surface area contributed by atoms with Crippen LogP contribution in [0.1, 0.15) is 126 Å². The molecule has 1 N–H and O–H groups in total. The molecule has 0 amide bonds. The quantitative estimate of drug-likeness (QED) is 0.0367. The van der Waals surface area contributed by atoms with Gasteiger partial charge in [-0.2, -0.15) is 8.42 Å². The highest BCUT2D eigenvalue weighted by Gasteiger charge is 2.22. The van der Waals surface area contributed by atoms with Gasteiger partial charge in [0.05, 0.1) is 72.3 Å². The van der Waals surface area contributed by atoms with Crippen LogP contribution in [0.3, 0.4) is 0 Å². The summed E-state index contributed by atoms with van der Waals surface area (Å²) in [6.45, 7) is 7.77. The molecule has 0 saturated carbocycles. The third-order valence-electron chi connectivity index (χ3n) is 11.8. The molecule has 0 aliphatic carbocycles. The van der Waals surface area contributed by atoms with Gasteiger partial charge in [-0.1, -0.05) is 152 Å². The Morgan fingerprint density at radius 3 is 1.42 bits per heavy atom. The van der Waals surface area contributed by atoms with Crippen LogP contribution in [0.25, 0.3) is 0 Å². The van der Waals surface area contributed by atoms with Crippen molar-refractivity contribution in [3.8, 4) is 11.5 Å². The van der Waals surface area contributed by atoms with Crippen molar-refractivity contribution in [2.75, 3.05) is 60.1 Å². The van der Waals surface area contributed by atoms with Crippen molar-refractivity contribution in [1.29, 1.82) is 0 Å². The molecule has 4 atom stereocenters. The average molecular weight is 1000 g/mol. The van der Waals surface area contributed by atoms with E-state index in [4.69, 9.17) is 42.4 Å². The molecule has 2 aliphatic heterocycles. The lowest BCUT2D eigenvalue weighted by Crippen LogP contribution is -2.24. The van der Waals surface area contributed by atoms with E-state index in [1.54, 1.807) is 14.2 Å². The van der Waals surface area contributed by atoms with E-state index in [1.807, 2.05) is 97.1 Å². The lowest BCUT2D eigenvalue weighted by atomic mass is 10.1. The molecule has 14 heteroatoms. The molecule has 0 bridgehead atoms. The maximum atomic E-state index is 11.2. The standard InChI is InChI=1S/C28H39NO4.C19H32O5S.C10H11NO2/c1-3-4-5-6-7-11-14-27(32-19-23-15-17-26(30-2)18-16-23)22-31-20-25-21-33-28(29-25)24-12-9-8-10-13-24;1-4-5-6-7-8-9-10-19(16-24-25(3,20)21)23-15-17-11-13-18(22-2)14-12-17;12-6-9-7-13-10(11-9)8-4-2-1-3-5-8/h8-10,12-13,15-18,25,27H,3-7,11,14,19-22H2,1-2H3;11-14,19H,4-10,15-16H2,1-3H3;1-5,9,12H,6-7H2/t25-,27?;;9-/m1.1/s1. The third-order valence-corrected chi connectivity index (χ3v) is 12.4. The first-order chi connectivity index (χ1) is 34.6. The molecule has 2 heterocycles. The van der Waals surface area contributed by atoms with E-state index in [2.05, 4.69) is 36.0 Å². The molecule has 0 aromatic heterocycles. The summed E-state index contributed by atoms with van der Waals surface area (Å²) in [5.41, 5.74) is 4.15. The fraction of sp³-hybridized carbons (Fsp3) is 0.544. The molecule has 392 valence electrons. The van der Waals surface area contributed by atoms with Crippen LogP contribution in [-0.4, -0.2) is 110 Å². The molecular formula is C57H82N2O11S. The smallest absolute Gasteiger partial charge is 0.264 e. The summed E-state index contributed by atoms with van der Waals surface area (Å²) in [5, 5.41) is 8.84. The first kappa shape index (κ1) is 58.7. The van der Waals surface area contributed by atoms with Gasteiger partial charge in [0.25, 0.3) is 10.1 Å². The van der Waals surface area contributed by atoms with E-state index in [-0.39, 0.29) is 37.5 Å². The maximum absolute atomic E-state index is 11.2. The zero-order valence-corrected chi connectivity index (χ0v) is 43.9. The van der Waals surface area contributed by atoms with Gasteiger partial charge in [0.2, 0.25) is 11.8 Å². The first-order valence-corrected chi connectivity index (χ1v) is 27.5. The Kier molecular flexibility index (Phi) is 29.2.